The molecule has 0 spiro atoms. The Kier molecular flexibility index (Phi) is 7.80. The van der Waals surface area contributed by atoms with E-state index in [9.17, 15) is 30.3 Å². The van der Waals surface area contributed by atoms with E-state index in [1.807, 2.05) is 13.2 Å². The fraction of sp³-hybridized carbons (Fsp3) is 0.130. The van der Waals surface area contributed by atoms with Crippen LogP contribution in [0.1, 0.15) is 12.5 Å². The normalized spacial score (nSPS) is 11.5. The van der Waals surface area contributed by atoms with Crippen molar-refractivity contribution in [3.8, 4) is 0 Å². The van der Waals surface area contributed by atoms with Crippen LogP contribution in [0.3, 0.4) is 0 Å². The molecule has 0 aliphatic carbocycles. The van der Waals surface area contributed by atoms with Gasteiger partial charge in [-0.1, -0.05) is 46.2 Å². The Balaban J connectivity index is 2.24. The maximum Gasteiger partial charge on any atom is 0.269 e. The Morgan fingerprint density at radius 3 is 1.38 bits per heavy atom. The number of nitro benzene ring substituents is 3. The number of nitro groups is 3. The first-order valence-corrected chi connectivity index (χ1v) is 11.5. The first kappa shape index (κ1) is 24.7. The van der Waals surface area contributed by atoms with Gasteiger partial charge in [0.25, 0.3) is 17.1 Å². The zero-order valence-corrected chi connectivity index (χ0v) is 19.2. The Labute approximate surface area is 200 Å². The van der Waals surface area contributed by atoms with Gasteiger partial charge >= 0.3 is 0 Å². The third kappa shape index (κ3) is 5.49. The predicted octanol–water partition coefficient (Wildman–Crippen LogP) is 4.40. The summed E-state index contributed by atoms with van der Waals surface area (Å²) in [5.41, 5.74) is 4.05. The Morgan fingerprint density at radius 1 is 0.706 bits per heavy atom. The van der Waals surface area contributed by atoms with Crippen LogP contribution in [0.15, 0.2) is 78.4 Å². The SMILES string of the molecule is CSC/C(C)=C(\B(c1ccc([N+](=O)[O-])cc1)c1ccc([N+](=O)[O-])cc1)c1ccc([N+](=O)[O-])cc1. The van der Waals surface area contributed by atoms with Gasteiger partial charge in [0.2, 0.25) is 6.71 Å². The maximum atomic E-state index is 11.2. The fourth-order valence-corrected chi connectivity index (χ4v) is 4.41. The number of hydrogen-bond donors (Lipinski definition) is 0. The smallest absolute Gasteiger partial charge is 0.258 e. The quantitative estimate of drug-likeness (QED) is 0.254. The van der Waals surface area contributed by atoms with Gasteiger partial charge in [-0.15, -0.1) is 0 Å². The number of nitrogens with zero attached hydrogens (tertiary/aromatic N) is 3. The second kappa shape index (κ2) is 10.8. The van der Waals surface area contributed by atoms with Crippen molar-refractivity contribution in [2.75, 3.05) is 12.0 Å². The molecule has 0 radical (unpaired) electrons. The molecule has 0 atom stereocenters. The standard InChI is InChI=1S/C23H20BN3O6S/c1-16(15-34-2)23(17-3-9-20(10-4-17)25(28)29)24(18-5-11-21(12-6-18)26(30)31)19-7-13-22(14-8-19)27(32)33/h3-14H,15H2,1-2H3/b23-16-. The maximum absolute atomic E-state index is 11.2. The molecule has 3 aromatic rings. The lowest BCUT2D eigenvalue weighted by molar-refractivity contribution is -0.385. The van der Waals surface area contributed by atoms with E-state index in [2.05, 4.69) is 0 Å². The molecular formula is C23H20BN3O6S. The zero-order valence-electron chi connectivity index (χ0n) is 18.4. The summed E-state index contributed by atoms with van der Waals surface area (Å²) in [5.74, 6) is 0.683. The van der Waals surface area contributed by atoms with E-state index in [4.69, 9.17) is 0 Å². The molecule has 3 aromatic carbocycles. The van der Waals surface area contributed by atoms with Gasteiger partial charge in [-0.3, -0.25) is 30.3 Å². The lowest BCUT2D eigenvalue weighted by Crippen LogP contribution is -2.44. The molecule has 34 heavy (non-hydrogen) atoms. The van der Waals surface area contributed by atoms with Crippen molar-refractivity contribution in [3.63, 3.8) is 0 Å². The summed E-state index contributed by atoms with van der Waals surface area (Å²) in [6.07, 6.45) is 1.96. The number of rotatable bonds is 9. The van der Waals surface area contributed by atoms with E-state index >= 15 is 0 Å². The van der Waals surface area contributed by atoms with Gasteiger partial charge in [0.1, 0.15) is 0 Å². The number of benzene rings is 3. The average molecular weight is 477 g/mol. The molecule has 0 saturated carbocycles. The first-order chi connectivity index (χ1) is 16.2. The van der Waals surface area contributed by atoms with Crippen LogP contribution in [-0.4, -0.2) is 33.5 Å². The molecule has 0 unspecified atom stereocenters. The van der Waals surface area contributed by atoms with Gasteiger partial charge in [0, 0.05) is 42.2 Å². The summed E-state index contributed by atoms with van der Waals surface area (Å²) in [6.45, 7) is 1.56. The van der Waals surface area contributed by atoms with Crippen LogP contribution >= 0.6 is 11.8 Å². The van der Waals surface area contributed by atoms with Gasteiger partial charge in [-0.2, -0.15) is 11.8 Å². The molecule has 0 saturated heterocycles. The van der Waals surface area contributed by atoms with E-state index in [1.54, 1.807) is 48.2 Å². The van der Waals surface area contributed by atoms with Crippen molar-refractivity contribution < 1.29 is 14.8 Å². The molecule has 9 nitrogen and oxygen atoms in total. The summed E-state index contributed by atoms with van der Waals surface area (Å²) in [7, 11) is 0. The minimum atomic E-state index is -0.475. The van der Waals surface area contributed by atoms with Crippen molar-refractivity contribution in [3.05, 3.63) is 114 Å². The molecule has 3 rings (SSSR count). The molecular weight excluding hydrogens is 457 g/mol. The molecule has 0 amide bonds. The molecule has 11 heteroatoms. The average Bonchev–Trinajstić information content (AvgIpc) is 2.83. The summed E-state index contributed by atoms with van der Waals surface area (Å²) in [5, 5.41) is 33.5. The van der Waals surface area contributed by atoms with Crippen LogP contribution in [0.25, 0.3) is 5.47 Å². The Hall–Kier alpha value is -3.99. The minimum absolute atomic E-state index is 0.0344. The summed E-state index contributed by atoms with van der Waals surface area (Å²) >= 11 is 1.62. The van der Waals surface area contributed by atoms with Crippen LogP contribution in [0.5, 0.6) is 0 Å². The molecule has 0 heterocycles. The topological polar surface area (TPSA) is 129 Å². The van der Waals surface area contributed by atoms with Crippen LogP contribution in [0, 0.1) is 30.3 Å². The summed E-state index contributed by atoms with van der Waals surface area (Å²) in [4.78, 5) is 32.1. The Morgan fingerprint density at radius 2 is 1.06 bits per heavy atom. The number of non-ortho nitro benzene ring substituents is 3. The molecule has 0 fully saturated rings. The van der Waals surface area contributed by atoms with Gasteiger partial charge in [-0.25, -0.2) is 0 Å². The number of thioether (sulfide) groups is 1. The number of hydrogen-bond acceptors (Lipinski definition) is 7. The molecule has 0 aromatic heterocycles. The van der Waals surface area contributed by atoms with E-state index in [0.717, 1.165) is 27.5 Å². The van der Waals surface area contributed by atoms with Gasteiger partial charge in [0.05, 0.1) is 14.8 Å². The third-order valence-electron chi connectivity index (χ3n) is 5.37. The van der Waals surface area contributed by atoms with Gasteiger partial charge in [-0.05, 0) is 30.9 Å². The van der Waals surface area contributed by atoms with Crippen molar-refractivity contribution in [2.45, 2.75) is 6.92 Å². The Bertz CT molecular complexity index is 1190. The second-order valence-corrected chi connectivity index (χ2v) is 8.43. The van der Waals surface area contributed by atoms with Crippen LogP contribution in [0.4, 0.5) is 17.1 Å². The molecule has 0 aliphatic heterocycles. The molecule has 0 N–H and O–H groups in total. The molecule has 172 valence electrons. The fourth-order valence-electron chi connectivity index (χ4n) is 3.82. The van der Waals surface area contributed by atoms with Crippen molar-refractivity contribution in [1.29, 1.82) is 0 Å². The van der Waals surface area contributed by atoms with E-state index in [0.29, 0.717) is 5.75 Å². The summed E-state index contributed by atoms with van der Waals surface area (Å²) in [6, 6.07) is 18.6. The van der Waals surface area contributed by atoms with Crippen molar-refractivity contribution >= 4 is 51.9 Å². The van der Waals surface area contributed by atoms with Crippen LogP contribution < -0.4 is 10.9 Å². The van der Waals surface area contributed by atoms with Crippen LogP contribution in [-0.2, 0) is 0 Å². The lowest BCUT2D eigenvalue weighted by atomic mass is 9.34. The predicted molar refractivity (Wildman–Crippen MR) is 135 cm³/mol. The third-order valence-corrected chi connectivity index (χ3v) is 6.09. The highest BCUT2D eigenvalue weighted by molar-refractivity contribution is 7.98. The van der Waals surface area contributed by atoms with Gasteiger partial charge < -0.3 is 0 Å². The largest absolute Gasteiger partial charge is 0.269 e. The minimum Gasteiger partial charge on any atom is -0.258 e. The molecule has 0 bridgehead atoms. The molecule has 0 aliphatic rings. The zero-order chi connectivity index (χ0) is 24.8. The van der Waals surface area contributed by atoms with Crippen LogP contribution in [0.2, 0.25) is 0 Å². The van der Waals surface area contributed by atoms with E-state index in [1.165, 1.54) is 36.4 Å². The second-order valence-electron chi connectivity index (χ2n) is 7.56. The van der Waals surface area contributed by atoms with Gasteiger partial charge in [0.15, 0.2) is 0 Å². The first-order valence-electron chi connectivity index (χ1n) is 10.1. The van der Waals surface area contributed by atoms with E-state index in [-0.39, 0.29) is 17.1 Å². The highest BCUT2D eigenvalue weighted by atomic mass is 32.2. The van der Waals surface area contributed by atoms with Crippen molar-refractivity contribution in [1.82, 2.24) is 0 Å². The summed E-state index contributed by atoms with van der Waals surface area (Å²) < 4.78 is 0. The highest BCUT2D eigenvalue weighted by Gasteiger charge is 2.28. The lowest BCUT2D eigenvalue weighted by Gasteiger charge is -2.22. The monoisotopic (exact) mass is 477 g/mol. The highest BCUT2D eigenvalue weighted by Crippen LogP contribution is 2.27. The van der Waals surface area contributed by atoms with E-state index < -0.39 is 21.5 Å². The van der Waals surface area contributed by atoms with Crippen molar-refractivity contribution in [2.24, 2.45) is 0 Å².